The molecule has 3 aromatic rings. The van der Waals surface area contributed by atoms with Crippen LogP contribution in [0.5, 0.6) is 0 Å². The van der Waals surface area contributed by atoms with Crippen molar-refractivity contribution in [2.24, 2.45) is 0 Å². The summed E-state index contributed by atoms with van der Waals surface area (Å²) in [6, 6.07) is 11.3. The molecule has 0 atom stereocenters. The Bertz CT molecular complexity index is 877. The van der Waals surface area contributed by atoms with Crippen molar-refractivity contribution in [1.82, 2.24) is 9.55 Å². The second-order valence-electron chi connectivity index (χ2n) is 4.60. The molecule has 0 aliphatic rings. The molecule has 2 aromatic carbocycles. The number of imidazole rings is 1. The van der Waals surface area contributed by atoms with E-state index in [2.05, 4.69) is 4.98 Å². The quantitative estimate of drug-likeness (QED) is 0.786. The maximum atomic E-state index is 14.0. The highest BCUT2D eigenvalue weighted by molar-refractivity contribution is 5.79. The third kappa shape index (κ3) is 2.19. The van der Waals surface area contributed by atoms with Gasteiger partial charge in [0.2, 0.25) is 5.95 Å². The number of hydrogen-bond donors (Lipinski definition) is 1. The Labute approximate surface area is 119 Å². The van der Waals surface area contributed by atoms with Crippen LogP contribution in [0.15, 0.2) is 36.4 Å². The van der Waals surface area contributed by atoms with E-state index in [9.17, 15) is 8.78 Å². The third-order valence-corrected chi connectivity index (χ3v) is 3.23. The summed E-state index contributed by atoms with van der Waals surface area (Å²) >= 11 is 0. The molecule has 4 nitrogen and oxygen atoms in total. The van der Waals surface area contributed by atoms with Gasteiger partial charge in [-0.25, -0.2) is 13.8 Å². The van der Waals surface area contributed by atoms with Crippen LogP contribution >= 0.6 is 0 Å². The summed E-state index contributed by atoms with van der Waals surface area (Å²) in [6.45, 7) is 0.207. The molecule has 104 valence electrons. The summed E-state index contributed by atoms with van der Waals surface area (Å²) in [4.78, 5) is 4.02. The number of nitrogen functional groups attached to an aromatic ring is 1. The van der Waals surface area contributed by atoms with Crippen molar-refractivity contribution in [2.45, 2.75) is 6.54 Å². The van der Waals surface area contributed by atoms with Gasteiger partial charge >= 0.3 is 0 Å². The lowest BCUT2D eigenvalue weighted by Crippen LogP contribution is -2.06. The molecule has 0 radical (unpaired) electrons. The average Bonchev–Trinajstić information content (AvgIpc) is 2.80. The maximum absolute atomic E-state index is 14.0. The Balaban J connectivity index is 2.14. The van der Waals surface area contributed by atoms with Gasteiger partial charge in [-0.05, 0) is 29.8 Å². The number of aromatic nitrogens is 2. The summed E-state index contributed by atoms with van der Waals surface area (Å²) in [7, 11) is 0. The second kappa shape index (κ2) is 4.87. The van der Waals surface area contributed by atoms with Crippen molar-refractivity contribution in [1.29, 1.82) is 5.26 Å². The van der Waals surface area contributed by atoms with Crippen molar-refractivity contribution in [3.05, 3.63) is 59.2 Å². The van der Waals surface area contributed by atoms with Crippen LogP contribution in [0, 0.1) is 23.0 Å². The molecule has 0 aliphatic heterocycles. The van der Waals surface area contributed by atoms with Crippen LogP contribution in [0.4, 0.5) is 14.7 Å². The number of halogens is 2. The fourth-order valence-corrected chi connectivity index (χ4v) is 2.26. The Morgan fingerprint density at radius 2 is 2.05 bits per heavy atom. The smallest absolute Gasteiger partial charge is 0.201 e. The van der Waals surface area contributed by atoms with Crippen LogP contribution in [0.25, 0.3) is 11.0 Å². The first kappa shape index (κ1) is 13.1. The first-order valence-corrected chi connectivity index (χ1v) is 6.19. The monoisotopic (exact) mass is 284 g/mol. The molecule has 1 heterocycles. The van der Waals surface area contributed by atoms with Gasteiger partial charge in [0.15, 0.2) is 11.6 Å². The average molecular weight is 284 g/mol. The zero-order chi connectivity index (χ0) is 15.0. The number of benzene rings is 2. The van der Waals surface area contributed by atoms with E-state index in [-0.39, 0.29) is 18.0 Å². The molecule has 0 aliphatic carbocycles. The lowest BCUT2D eigenvalue weighted by atomic mass is 10.1. The van der Waals surface area contributed by atoms with Crippen LogP contribution in [0.1, 0.15) is 11.1 Å². The van der Waals surface area contributed by atoms with Gasteiger partial charge in [0.05, 0.1) is 23.7 Å². The van der Waals surface area contributed by atoms with Gasteiger partial charge in [-0.1, -0.05) is 12.1 Å². The number of nitrogens with zero attached hydrogens (tertiary/aromatic N) is 3. The first-order valence-electron chi connectivity index (χ1n) is 6.19. The van der Waals surface area contributed by atoms with E-state index in [0.29, 0.717) is 11.1 Å². The first-order chi connectivity index (χ1) is 10.1. The van der Waals surface area contributed by atoms with Gasteiger partial charge in [0.25, 0.3) is 0 Å². The fourth-order valence-electron chi connectivity index (χ4n) is 2.26. The molecule has 21 heavy (non-hydrogen) atoms. The lowest BCUT2D eigenvalue weighted by Gasteiger charge is -2.07. The minimum Gasteiger partial charge on any atom is -0.369 e. The summed E-state index contributed by atoms with van der Waals surface area (Å²) in [5, 5.41) is 8.89. The molecule has 0 spiro atoms. The van der Waals surface area contributed by atoms with Gasteiger partial charge in [0.1, 0.15) is 5.52 Å². The summed E-state index contributed by atoms with van der Waals surface area (Å²) in [5.41, 5.74) is 7.35. The van der Waals surface area contributed by atoms with Crippen molar-refractivity contribution in [3.63, 3.8) is 0 Å². The SMILES string of the molecule is N#Cc1cccc(Cn2c(N)nc3ccc(F)c(F)c32)c1. The molecule has 2 N–H and O–H groups in total. The molecule has 0 saturated carbocycles. The van der Waals surface area contributed by atoms with Gasteiger partial charge in [-0.2, -0.15) is 5.26 Å². The van der Waals surface area contributed by atoms with E-state index in [1.54, 1.807) is 24.3 Å². The van der Waals surface area contributed by atoms with E-state index in [0.717, 1.165) is 11.6 Å². The number of anilines is 1. The lowest BCUT2D eigenvalue weighted by molar-refractivity contribution is 0.512. The molecular formula is C15H10F2N4. The van der Waals surface area contributed by atoms with Gasteiger partial charge in [0, 0.05) is 0 Å². The van der Waals surface area contributed by atoms with Crippen molar-refractivity contribution in [2.75, 3.05) is 5.73 Å². The van der Waals surface area contributed by atoms with E-state index >= 15 is 0 Å². The predicted molar refractivity (Wildman–Crippen MR) is 74.3 cm³/mol. The van der Waals surface area contributed by atoms with Crippen LogP contribution in [-0.4, -0.2) is 9.55 Å². The number of fused-ring (bicyclic) bond motifs is 1. The molecule has 0 fully saturated rings. The van der Waals surface area contributed by atoms with E-state index in [1.807, 2.05) is 6.07 Å². The summed E-state index contributed by atoms with van der Waals surface area (Å²) < 4.78 is 28.8. The fraction of sp³-hybridized carbons (Fsp3) is 0.0667. The Kier molecular flexibility index (Phi) is 3.03. The number of nitrogens with two attached hydrogens (primary N) is 1. The number of hydrogen-bond acceptors (Lipinski definition) is 3. The zero-order valence-corrected chi connectivity index (χ0v) is 10.8. The van der Waals surface area contributed by atoms with Crippen LogP contribution < -0.4 is 5.73 Å². The topological polar surface area (TPSA) is 67.6 Å². The number of nitriles is 1. The predicted octanol–water partition coefficient (Wildman–Crippen LogP) is 2.82. The van der Waals surface area contributed by atoms with Crippen LogP contribution in [0.2, 0.25) is 0 Å². The molecular weight excluding hydrogens is 274 g/mol. The summed E-state index contributed by atoms with van der Waals surface area (Å²) in [6.07, 6.45) is 0. The maximum Gasteiger partial charge on any atom is 0.201 e. The largest absolute Gasteiger partial charge is 0.369 e. The van der Waals surface area contributed by atoms with E-state index in [4.69, 9.17) is 11.0 Å². The highest BCUT2D eigenvalue weighted by atomic mass is 19.2. The molecule has 3 rings (SSSR count). The van der Waals surface area contributed by atoms with Gasteiger partial charge in [-0.15, -0.1) is 0 Å². The Morgan fingerprint density at radius 3 is 2.81 bits per heavy atom. The Hall–Kier alpha value is -2.94. The van der Waals surface area contributed by atoms with E-state index in [1.165, 1.54) is 10.6 Å². The standard InChI is InChI=1S/C15H10F2N4/c16-11-4-5-12-14(13(11)17)21(15(19)20-12)8-10-3-1-2-9(6-10)7-18/h1-6H,8H2,(H2,19,20). The molecule has 6 heteroatoms. The molecule has 0 bridgehead atoms. The molecule has 0 saturated heterocycles. The second-order valence-corrected chi connectivity index (χ2v) is 4.60. The van der Waals surface area contributed by atoms with Crippen molar-refractivity contribution >= 4 is 17.0 Å². The molecule has 0 amide bonds. The molecule has 1 aromatic heterocycles. The van der Waals surface area contributed by atoms with Gasteiger partial charge in [-0.3, -0.25) is 0 Å². The minimum atomic E-state index is -0.979. The highest BCUT2D eigenvalue weighted by Gasteiger charge is 2.16. The van der Waals surface area contributed by atoms with Crippen LogP contribution in [0.3, 0.4) is 0 Å². The molecule has 0 unspecified atom stereocenters. The van der Waals surface area contributed by atoms with Crippen molar-refractivity contribution < 1.29 is 8.78 Å². The third-order valence-electron chi connectivity index (χ3n) is 3.23. The zero-order valence-electron chi connectivity index (χ0n) is 10.8. The Morgan fingerprint density at radius 1 is 1.24 bits per heavy atom. The van der Waals surface area contributed by atoms with Crippen molar-refractivity contribution in [3.8, 4) is 6.07 Å². The number of rotatable bonds is 2. The highest BCUT2D eigenvalue weighted by Crippen LogP contribution is 2.24. The normalized spacial score (nSPS) is 10.7. The minimum absolute atomic E-state index is 0.0230. The van der Waals surface area contributed by atoms with Crippen LogP contribution in [-0.2, 0) is 6.54 Å². The van der Waals surface area contributed by atoms with Gasteiger partial charge < -0.3 is 10.3 Å². The van der Waals surface area contributed by atoms with E-state index < -0.39 is 11.6 Å². The summed E-state index contributed by atoms with van der Waals surface area (Å²) in [5.74, 6) is -1.83.